The summed E-state index contributed by atoms with van der Waals surface area (Å²) in [7, 11) is 0. The van der Waals surface area contributed by atoms with E-state index in [1.54, 1.807) is 16.2 Å². The van der Waals surface area contributed by atoms with E-state index in [2.05, 4.69) is 5.32 Å². The Kier molecular flexibility index (Phi) is 5.58. The Hall–Kier alpha value is -2.58. The highest BCUT2D eigenvalue weighted by Gasteiger charge is 2.52. The SMILES string of the molecule is O=C(NCc1ccc2c(c1)OCO2)[C@@H]1COC2(CCCCC2)N1C(=O)Cc1cccs1. The van der Waals surface area contributed by atoms with Gasteiger partial charge in [0.1, 0.15) is 11.8 Å². The molecule has 31 heavy (non-hydrogen) atoms. The smallest absolute Gasteiger partial charge is 0.245 e. The summed E-state index contributed by atoms with van der Waals surface area (Å²) in [5, 5.41) is 4.96. The van der Waals surface area contributed by atoms with Crippen molar-refractivity contribution in [3.8, 4) is 11.5 Å². The summed E-state index contributed by atoms with van der Waals surface area (Å²) in [5.41, 5.74) is 0.272. The van der Waals surface area contributed by atoms with Gasteiger partial charge >= 0.3 is 0 Å². The maximum Gasteiger partial charge on any atom is 0.245 e. The van der Waals surface area contributed by atoms with E-state index < -0.39 is 11.8 Å². The molecule has 1 spiro atoms. The average molecular weight is 443 g/mol. The summed E-state index contributed by atoms with van der Waals surface area (Å²) in [5.74, 6) is 1.18. The van der Waals surface area contributed by atoms with Gasteiger partial charge < -0.3 is 19.5 Å². The molecule has 164 valence electrons. The highest BCUT2D eigenvalue weighted by molar-refractivity contribution is 7.10. The molecule has 1 aliphatic carbocycles. The molecule has 0 radical (unpaired) electrons. The lowest BCUT2D eigenvalue weighted by molar-refractivity contribution is -0.159. The molecule has 2 aromatic rings. The van der Waals surface area contributed by atoms with Gasteiger partial charge in [0.05, 0.1) is 13.0 Å². The van der Waals surface area contributed by atoms with Gasteiger partial charge in [-0.15, -0.1) is 11.3 Å². The van der Waals surface area contributed by atoms with E-state index in [1.807, 2.05) is 35.7 Å². The van der Waals surface area contributed by atoms with Crippen LogP contribution >= 0.6 is 11.3 Å². The Morgan fingerprint density at radius 3 is 2.77 bits per heavy atom. The van der Waals surface area contributed by atoms with Gasteiger partial charge in [0.2, 0.25) is 18.6 Å². The number of ether oxygens (including phenoxy) is 3. The number of hydrogen-bond donors (Lipinski definition) is 1. The minimum atomic E-state index is -0.645. The van der Waals surface area contributed by atoms with Crippen LogP contribution in [0.4, 0.5) is 0 Å². The predicted molar refractivity (Wildman–Crippen MR) is 115 cm³/mol. The second-order valence-electron chi connectivity index (χ2n) is 8.26. The monoisotopic (exact) mass is 442 g/mol. The number of carbonyl (C=O) groups excluding carboxylic acids is 2. The fourth-order valence-corrected chi connectivity index (χ4v) is 5.45. The first-order valence-corrected chi connectivity index (χ1v) is 11.7. The van der Waals surface area contributed by atoms with Gasteiger partial charge in [0, 0.05) is 11.4 Å². The zero-order chi connectivity index (χ0) is 21.3. The van der Waals surface area contributed by atoms with E-state index in [0.29, 0.717) is 24.5 Å². The van der Waals surface area contributed by atoms with E-state index in [9.17, 15) is 9.59 Å². The molecule has 1 atom stereocenters. The number of nitrogens with zero attached hydrogens (tertiary/aromatic N) is 1. The van der Waals surface area contributed by atoms with Crippen LogP contribution in [0.2, 0.25) is 0 Å². The molecule has 2 aliphatic heterocycles. The number of rotatable bonds is 5. The van der Waals surface area contributed by atoms with Gasteiger partial charge in [-0.2, -0.15) is 0 Å². The largest absolute Gasteiger partial charge is 0.454 e. The minimum Gasteiger partial charge on any atom is -0.454 e. The maximum atomic E-state index is 13.3. The molecule has 3 aliphatic rings. The summed E-state index contributed by atoms with van der Waals surface area (Å²) in [6.07, 6.45) is 5.03. The van der Waals surface area contributed by atoms with Crippen LogP contribution in [0.1, 0.15) is 42.5 Å². The Morgan fingerprint density at radius 2 is 1.97 bits per heavy atom. The van der Waals surface area contributed by atoms with Crippen LogP contribution < -0.4 is 14.8 Å². The van der Waals surface area contributed by atoms with Crippen LogP contribution in [0.5, 0.6) is 11.5 Å². The third-order valence-corrected chi connectivity index (χ3v) is 7.15. The predicted octanol–water partition coefficient (Wildman–Crippen LogP) is 3.22. The zero-order valence-corrected chi connectivity index (χ0v) is 18.1. The molecule has 2 fully saturated rings. The zero-order valence-electron chi connectivity index (χ0n) is 17.3. The number of thiophene rings is 1. The van der Waals surface area contributed by atoms with Crippen LogP contribution in [0, 0.1) is 0 Å². The Balaban J connectivity index is 1.31. The quantitative estimate of drug-likeness (QED) is 0.769. The van der Waals surface area contributed by atoms with E-state index in [-0.39, 0.29) is 25.2 Å². The summed E-state index contributed by atoms with van der Waals surface area (Å²) in [6.45, 7) is 0.809. The van der Waals surface area contributed by atoms with E-state index in [1.165, 1.54) is 0 Å². The second kappa shape index (κ2) is 8.51. The highest BCUT2D eigenvalue weighted by atomic mass is 32.1. The number of benzene rings is 1. The lowest BCUT2D eigenvalue weighted by atomic mass is 9.90. The molecular formula is C23H26N2O5S. The Morgan fingerprint density at radius 1 is 1.13 bits per heavy atom. The van der Waals surface area contributed by atoms with E-state index >= 15 is 0 Å². The van der Waals surface area contributed by atoms with Crippen molar-refractivity contribution < 1.29 is 23.8 Å². The number of carbonyl (C=O) groups is 2. The number of amides is 2. The molecular weight excluding hydrogens is 416 g/mol. The number of fused-ring (bicyclic) bond motifs is 1. The first kappa shape index (κ1) is 20.3. The number of hydrogen-bond acceptors (Lipinski definition) is 6. The molecule has 2 amide bonds. The van der Waals surface area contributed by atoms with E-state index in [0.717, 1.165) is 42.5 Å². The van der Waals surface area contributed by atoms with Crippen molar-refractivity contribution in [2.24, 2.45) is 0 Å². The molecule has 8 heteroatoms. The lowest BCUT2D eigenvalue weighted by Gasteiger charge is -2.41. The second-order valence-corrected chi connectivity index (χ2v) is 9.29. The average Bonchev–Trinajstić information content (AvgIpc) is 3.52. The minimum absolute atomic E-state index is 0.0370. The summed E-state index contributed by atoms with van der Waals surface area (Å²) < 4.78 is 16.9. The Labute approximate surface area is 185 Å². The molecule has 1 N–H and O–H groups in total. The van der Waals surface area contributed by atoms with Gasteiger partial charge in [-0.1, -0.05) is 18.6 Å². The normalized spacial score (nSPS) is 21.4. The number of nitrogens with one attached hydrogen (secondary N) is 1. The molecule has 7 nitrogen and oxygen atoms in total. The third kappa shape index (κ3) is 4.02. The van der Waals surface area contributed by atoms with Gasteiger partial charge in [0.15, 0.2) is 11.5 Å². The fourth-order valence-electron chi connectivity index (χ4n) is 4.75. The van der Waals surface area contributed by atoms with Crippen molar-refractivity contribution in [1.29, 1.82) is 0 Å². The summed E-state index contributed by atoms with van der Waals surface area (Å²) >= 11 is 1.56. The van der Waals surface area contributed by atoms with Crippen LogP contribution in [0.25, 0.3) is 0 Å². The third-order valence-electron chi connectivity index (χ3n) is 6.28. The van der Waals surface area contributed by atoms with Crippen molar-refractivity contribution in [3.05, 3.63) is 46.2 Å². The van der Waals surface area contributed by atoms with Crippen molar-refractivity contribution in [2.45, 2.75) is 56.8 Å². The van der Waals surface area contributed by atoms with Crippen molar-refractivity contribution in [2.75, 3.05) is 13.4 Å². The molecule has 1 saturated heterocycles. The standard InChI is InChI=1S/C23H26N2O5S/c26-21(12-17-5-4-10-31-17)25-18(14-30-23(25)8-2-1-3-9-23)22(27)24-13-16-6-7-19-20(11-16)29-15-28-19/h4-7,10-11,18H,1-3,8-9,12-15H2,(H,24,27)/t18-/m0/s1. The topological polar surface area (TPSA) is 77.1 Å². The summed E-state index contributed by atoms with van der Waals surface area (Å²) in [4.78, 5) is 29.3. The molecule has 1 aromatic heterocycles. The van der Waals surface area contributed by atoms with Gasteiger partial charge in [0.25, 0.3) is 0 Å². The molecule has 0 bridgehead atoms. The van der Waals surface area contributed by atoms with Gasteiger partial charge in [-0.3, -0.25) is 14.5 Å². The maximum absolute atomic E-state index is 13.3. The first-order chi connectivity index (χ1) is 15.1. The van der Waals surface area contributed by atoms with Crippen molar-refractivity contribution in [3.63, 3.8) is 0 Å². The molecule has 5 rings (SSSR count). The van der Waals surface area contributed by atoms with Crippen LogP contribution in [0.3, 0.4) is 0 Å². The Bertz CT molecular complexity index is 955. The molecule has 1 aromatic carbocycles. The van der Waals surface area contributed by atoms with Crippen molar-refractivity contribution in [1.82, 2.24) is 10.2 Å². The van der Waals surface area contributed by atoms with Crippen LogP contribution in [0.15, 0.2) is 35.7 Å². The van der Waals surface area contributed by atoms with Crippen molar-refractivity contribution >= 4 is 23.2 Å². The van der Waals surface area contributed by atoms with Gasteiger partial charge in [-0.05, 0) is 54.8 Å². The van der Waals surface area contributed by atoms with Crippen LogP contribution in [-0.2, 0) is 27.3 Å². The van der Waals surface area contributed by atoms with Gasteiger partial charge in [-0.25, -0.2) is 0 Å². The highest BCUT2D eigenvalue weighted by Crippen LogP contribution is 2.41. The molecule has 0 unspecified atom stereocenters. The lowest BCUT2D eigenvalue weighted by Crippen LogP contribution is -2.56. The molecule has 3 heterocycles. The molecule has 1 saturated carbocycles. The van der Waals surface area contributed by atoms with Crippen LogP contribution in [-0.4, -0.2) is 41.9 Å². The fraction of sp³-hybridized carbons (Fsp3) is 0.478. The van der Waals surface area contributed by atoms with E-state index in [4.69, 9.17) is 14.2 Å². The summed E-state index contributed by atoms with van der Waals surface area (Å²) in [6, 6.07) is 8.91. The first-order valence-electron chi connectivity index (χ1n) is 10.8.